The first-order valence-corrected chi connectivity index (χ1v) is 11.3. The molecule has 0 bridgehead atoms. The molecule has 0 unspecified atom stereocenters. The van der Waals surface area contributed by atoms with Gasteiger partial charge in [0.05, 0.1) is 22.9 Å². The topological polar surface area (TPSA) is 38.9 Å². The van der Waals surface area contributed by atoms with Crippen LogP contribution < -0.4 is 0 Å². The van der Waals surface area contributed by atoms with Crippen LogP contribution in [-0.2, 0) is 19.6 Å². The number of rotatable bonds is 3. The molecule has 0 radical (unpaired) electrons. The summed E-state index contributed by atoms with van der Waals surface area (Å²) in [6.45, 7) is 2.89. The van der Waals surface area contributed by atoms with Crippen LogP contribution in [-0.4, -0.2) is 30.8 Å². The van der Waals surface area contributed by atoms with E-state index in [1.54, 1.807) is 0 Å². The largest absolute Gasteiger partial charge is 0.304 e. The summed E-state index contributed by atoms with van der Waals surface area (Å²) in [5.41, 5.74) is 1.12. The van der Waals surface area contributed by atoms with Crippen LogP contribution in [0.25, 0.3) is 10.2 Å². The van der Waals surface area contributed by atoms with Gasteiger partial charge >= 0.3 is 0 Å². The molecule has 0 saturated carbocycles. The Balaban J connectivity index is 1.44. The van der Waals surface area contributed by atoms with Crippen molar-refractivity contribution in [1.82, 2.24) is 24.2 Å². The zero-order valence-electron chi connectivity index (χ0n) is 15.5. The summed E-state index contributed by atoms with van der Waals surface area (Å²) in [5, 5.41) is 6.13. The normalized spacial score (nSPS) is 21.3. The molecule has 5 nitrogen and oxygen atoms in total. The Morgan fingerprint density at radius 3 is 2.89 bits per heavy atom. The number of hydrogen-bond donors (Lipinski definition) is 0. The fraction of sp³-hybridized carbons (Fsp3) is 0.550. The minimum Gasteiger partial charge on any atom is -0.304 e. The number of aryl methyl sites for hydroxylation is 1. The van der Waals surface area contributed by atoms with E-state index >= 15 is 0 Å². The molecule has 1 atom stereocenters. The number of hydrogen-bond acceptors (Lipinski definition) is 5. The molecule has 0 spiro atoms. The SMILES string of the molecule is S=c1n(CN2CCCC[C@@H]2c2nc3ccccc3s2)nc2n1CCCCC2. The summed E-state index contributed by atoms with van der Waals surface area (Å²) < 4.78 is 6.49. The lowest BCUT2D eigenvalue weighted by Crippen LogP contribution is -2.35. The number of nitrogens with zero attached hydrogens (tertiary/aromatic N) is 5. The van der Waals surface area contributed by atoms with Gasteiger partial charge in [-0.15, -0.1) is 11.3 Å². The predicted octanol–water partition coefficient (Wildman–Crippen LogP) is 4.93. The highest BCUT2D eigenvalue weighted by Crippen LogP contribution is 2.35. The number of fused-ring (bicyclic) bond motifs is 2. The molecule has 0 amide bonds. The van der Waals surface area contributed by atoms with E-state index in [0.717, 1.165) is 36.5 Å². The standard InChI is InChI=1S/C20H25N5S2/c26-20-24-13-6-1-2-11-18(24)22-25(20)14-23-12-7-5-9-16(23)19-21-15-8-3-4-10-17(15)27-19/h3-4,8,10,16H,1-2,5-7,9,11-14H2/t16-/m1/s1. The third-order valence-corrected chi connectivity index (χ3v) is 7.38. The quantitative estimate of drug-likeness (QED) is 0.585. The average Bonchev–Trinajstić information content (AvgIpc) is 3.15. The molecule has 4 heterocycles. The van der Waals surface area contributed by atoms with Gasteiger partial charge in [-0.1, -0.05) is 25.0 Å². The first-order valence-electron chi connectivity index (χ1n) is 10.1. The third kappa shape index (κ3) is 3.37. The van der Waals surface area contributed by atoms with Crippen molar-refractivity contribution in [2.24, 2.45) is 0 Å². The number of para-hydroxylation sites is 1. The number of likely N-dealkylation sites (tertiary alicyclic amines) is 1. The molecule has 142 valence electrons. The van der Waals surface area contributed by atoms with Crippen LogP contribution >= 0.6 is 23.6 Å². The number of aromatic nitrogens is 4. The van der Waals surface area contributed by atoms with Crippen molar-refractivity contribution in [3.63, 3.8) is 0 Å². The molecule has 0 N–H and O–H groups in total. The molecule has 2 aromatic heterocycles. The van der Waals surface area contributed by atoms with Gasteiger partial charge in [0.1, 0.15) is 10.8 Å². The van der Waals surface area contributed by atoms with Gasteiger partial charge in [-0.2, -0.15) is 5.10 Å². The minimum absolute atomic E-state index is 0.375. The molecule has 1 aromatic carbocycles. The van der Waals surface area contributed by atoms with Gasteiger partial charge in [-0.05, 0) is 50.0 Å². The van der Waals surface area contributed by atoms with E-state index in [1.807, 2.05) is 11.3 Å². The van der Waals surface area contributed by atoms with Gasteiger partial charge in [-0.3, -0.25) is 4.90 Å². The zero-order chi connectivity index (χ0) is 18.2. The second-order valence-electron chi connectivity index (χ2n) is 7.65. The highest BCUT2D eigenvalue weighted by Gasteiger charge is 2.28. The van der Waals surface area contributed by atoms with Crippen molar-refractivity contribution in [2.75, 3.05) is 6.54 Å². The van der Waals surface area contributed by atoms with Gasteiger partial charge in [-0.25, -0.2) is 9.67 Å². The molecule has 5 rings (SSSR count). The maximum absolute atomic E-state index is 5.77. The molecule has 27 heavy (non-hydrogen) atoms. The molecule has 2 aliphatic rings. The van der Waals surface area contributed by atoms with Crippen LogP contribution in [0.2, 0.25) is 0 Å². The summed E-state index contributed by atoms with van der Waals surface area (Å²) in [6, 6.07) is 8.83. The van der Waals surface area contributed by atoms with Gasteiger partial charge in [0.15, 0.2) is 4.77 Å². The van der Waals surface area contributed by atoms with Crippen molar-refractivity contribution >= 4 is 33.8 Å². The highest BCUT2D eigenvalue weighted by molar-refractivity contribution is 7.71. The fourth-order valence-electron chi connectivity index (χ4n) is 4.36. The van der Waals surface area contributed by atoms with E-state index in [1.165, 1.54) is 54.1 Å². The van der Waals surface area contributed by atoms with Crippen molar-refractivity contribution in [3.8, 4) is 0 Å². The first kappa shape index (κ1) is 17.5. The smallest absolute Gasteiger partial charge is 0.199 e. The van der Waals surface area contributed by atoms with Gasteiger partial charge in [0.2, 0.25) is 0 Å². The zero-order valence-corrected chi connectivity index (χ0v) is 17.1. The third-order valence-electron chi connectivity index (χ3n) is 5.81. The van der Waals surface area contributed by atoms with Crippen LogP contribution in [0.1, 0.15) is 55.4 Å². The fourth-order valence-corrected chi connectivity index (χ4v) is 5.79. The van der Waals surface area contributed by atoms with Crippen molar-refractivity contribution in [2.45, 2.75) is 64.2 Å². The van der Waals surface area contributed by atoms with E-state index < -0.39 is 0 Å². The molecular formula is C20H25N5S2. The van der Waals surface area contributed by atoms with Crippen LogP contribution in [0.4, 0.5) is 0 Å². The Labute approximate surface area is 168 Å². The van der Waals surface area contributed by atoms with Crippen LogP contribution in [0.15, 0.2) is 24.3 Å². The Hall–Kier alpha value is -1.57. The maximum Gasteiger partial charge on any atom is 0.199 e. The lowest BCUT2D eigenvalue weighted by molar-refractivity contribution is 0.103. The summed E-state index contributed by atoms with van der Waals surface area (Å²) in [4.78, 5) is 7.48. The van der Waals surface area contributed by atoms with Crippen LogP contribution in [0, 0.1) is 4.77 Å². The molecule has 1 saturated heterocycles. The number of benzene rings is 1. The van der Waals surface area contributed by atoms with Gasteiger partial charge in [0.25, 0.3) is 0 Å². The Morgan fingerprint density at radius 2 is 1.96 bits per heavy atom. The molecule has 7 heteroatoms. The summed E-state index contributed by atoms with van der Waals surface area (Å²) in [7, 11) is 0. The van der Waals surface area contributed by atoms with Crippen molar-refractivity contribution in [3.05, 3.63) is 39.9 Å². The van der Waals surface area contributed by atoms with Crippen LogP contribution in [0.5, 0.6) is 0 Å². The van der Waals surface area contributed by atoms with Crippen LogP contribution in [0.3, 0.4) is 0 Å². The van der Waals surface area contributed by atoms with E-state index in [2.05, 4.69) is 38.4 Å². The highest BCUT2D eigenvalue weighted by atomic mass is 32.1. The number of piperidine rings is 1. The second-order valence-corrected chi connectivity index (χ2v) is 9.07. The van der Waals surface area contributed by atoms with E-state index in [0.29, 0.717) is 6.04 Å². The lowest BCUT2D eigenvalue weighted by atomic mass is 10.0. The first-order chi connectivity index (χ1) is 13.3. The van der Waals surface area contributed by atoms with E-state index in [4.69, 9.17) is 22.3 Å². The Kier molecular flexibility index (Phi) is 4.83. The summed E-state index contributed by atoms with van der Waals surface area (Å²) >= 11 is 7.61. The predicted molar refractivity (Wildman–Crippen MR) is 112 cm³/mol. The minimum atomic E-state index is 0.375. The molecule has 2 aliphatic heterocycles. The Bertz CT molecular complexity index is 968. The number of thiazole rings is 1. The monoisotopic (exact) mass is 399 g/mol. The van der Waals surface area contributed by atoms with Crippen molar-refractivity contribution < 1.29 is 0 Å². The average molecular weight is 400 g/mol. The summed E-state index contributed by atoms with van der Waals surface area (Å²) in [5.74, 6) is 1.17. The van der Waals surface area contributed by atoms with Crippen molar-refractivity contribution in [1.29, 1.82) is 0 Å². The molecule has 3 aromatic rings. The molecule has 0 aliphatic carbocycles. The van der Waals surface area contributed by atoms with Gasteiger partial charge < -0.3 is 4.57 Å². The molecule has 1 fully saturated rings. The lowest BCUT2D eigenvalue weighted by Gasteiger charge is -2.34. The van der Waals surface area contributed by atoms with E-state index in [-0.39, 0.29) is 0 Å². The van der Waals surface area contributed by atoms with Gasteiger partial charge in [0, 0.05) is 19.5 Å². The Morgan fingerprint density at radius 1 is 1.07 bits per heavy atom. The summed E-state index contributed by atoms with van der Waals surface area (Å²) in [6.07, 6.45) is 8.45. The van der Waals surface area contributed by atoms with E-state index in [9.17, 15) is 0 Å². The molecular weight excluding hydrogens is 374 g/mol. The second kappa shape index (κ2) is 7.45. The maximum atomic E-state index is 5.77.